The number of methoxy groups -OCH3 is 1. The van der Waals surface area contributed by atoms with Crippen molar-refractivity contribution >= 4 is 17.6 Å². The lowest BCUT2D eigenvalue weighted by atomic mass is 10.1. The molecule has 6 heteroatoms. The molecule has 0 radical (unpaired) electrons. The third-order valence-electron chi connectivity index (χ3n) is 4.11. The number of carbonyl (C=O) groups is 1. The predicted octanol–water partition coefficient (Wildman–Crippen LogP) is 2.86. The molecule has 0 aliphatic carbocycles. The number of hydrogen-bond donors (Lipinski definition) is 0. The maximum atomic E-state index is 11.5. The summed E-state index contributed by atoms with van der Waals surface area (Å²) in [5, 5.41) is 18.0. The van der Waals surface area contributed by atoms with Crippen LogP contribution in [0.3, 0.4) is 0 Å². The summed E-state index contributed by atoms with van der Waals surface area (Å²) in [6, 6.07) is 9.14. The molecule has 1 aliphatic heterocycles. The van der Waals surface area contributed by atoms with Crippen LogP contribution in [0.1, 0.15) is 46.8 Å². The molecule has 24 heavy (non-hydrogen) atoms. The Morgan fingerprint density at radius 2 is 2.04 bits per heavy atom. The monoisotopic (exact) mass is 322 g/mol. The fourth-order valence-corrected chi connectivity index (χ4v) is 2.83. The lowest BCUT2D eigenvalue weighted by Gasteiger charge is -2.06. The van der Waals surface area contributed by atoms with E-state index in [2.05, 4.69) is 21.0 Å². The molecule has 1 aromatic heterocycles. The molecule has 2 aromatic rings. The Morgan fingerprint density at radius 1 is 1.25 bits per heavy atom. The van der Waals surface area contributed by atoms with Gasteiger partial charge in [-0.3, -0.25) is 0 Å². The summed E-state index contributed by atoms with van der Waals surface area (Å²) in [4.78, 5) is 11.5. The minimum Gasteiger partial charge on any atom is -0.465 e. The molecular formula is C18H18N4O2. The second-order valence-corrected chi connectivity index (χ2v) is 5.69. The van der Waals surface area contributed by atoms with Crippen molar-refractivity contribution in [3.63, 3.8) is 0 Å². The van der Waals surface area contributed by atoms with Gasteiger partial charge in [0.2, 0.25) is 0 Å². The van der Waals surface area contributed by atoms with Crippen LogP contribution in [-0.2, 0) is 17.7 Å². The number of nitriles is 1. The highest BCUT2D eigenvalue weighted by Gasteiger charge is 2.17. The molecule has 0 amide bonds. The number of ether oxygens (including phenoxy) is 1. The molecule has 0 N–H and O–H groups in total. The van der Waals surface area contributed by atoms with Gasteiger partial charge >= 0.3 is 5.97 Å². The van der Waals surface area contributed by atoms with Gasteiger partial charge in [0.15, 0.2) is 5.82 Å². The van der Waals surface area contributed by atoms with Crippen LogP contribution in [0.4, 0.5) is 0 Å². The van der Waals surface area contributed by atoms with Gasteiger partial charge in [-0.25, -0.2) is 4.79 Å². The topological polar surface area (TPSA) is 80.8 Å². The third kappa shape index (κ3) is 3.20. The molecule has 0 fully saturated rings. The van der Waals surface area contributed by atoms with Crippen molar-refractivity contribution in [2.24, 2.45) is 0 Å². The van der Waals surface area contributed by atoms with Crippen LogP contribution in [0, 0.1) is 11.3 Å². The number of rotatable bonds is 3. The summed E-state index contributed by atoms with van der Waals surface area (Å²) in [7, 11) is 1.35. The maximum Gasteiger partial charge on any atom is 0.337 e. The Kier molecular flexibility index (Phi) is 4.71. The summed E-state index contributed by atoms with van der Waals surface area (Å²) in [5.74, 6) is 1.19. The number of nitrogens with zero attached hydrogens (tertiary/aromatic N) is 4. The van der Waals surface area contributed by atoms with Crippen molar-refractivity contribution in [3.8, 4) is 6.07 Å². The van der Waals surface area contributed by atoms with Crippen molar-refractivity contribution in [1.82, 2.24) is 14.8 Å². The number of hydrogen-bond acceptors (Lipinski definition) is 5. The number of fused-ring (bicyclic) bond motifs is 1. The number of carbonyl (C=O) groups excluding carboxylic acids is 1. The average Bonchev–Trinajstić information content (AvgIpc) is 2.87. The van der Waals surface area contributed by atoms with E-state index < -0.39 is 0 Å². The van der Waals surface area contributed by atoms with E-state index in [0.717, 1.165) is 37.2 Å². The van der Waals surface area contributed by atoms with Gasteiger partial charge in [0, 0.05) is 13.0 Å². The average molecular weight is 322 g/mol. The molecule has 1 aliphatic rings. The van der Waals surface area contributed by atoms with Crippen LogP contribution in [-0.4, -0.2) is 27.8 Å². The molecular weight excluding hydrogens is 304 g/mol. The first-order valence-corrected chi connectivity index (χ1v) is 7.95. The highest BCUT2D eigenvalue weighted by Crippen LogP contribution is 2.21. The molecule has 0 atom stereocenters. The second-order valence-electron chi connectivity index (χ2n) is 5.69. The van der Waals surface area contributed by atoms with E-state index >= 15 is 0 Å². The number of benzene rings is 1. The molecule has 1 aromatic carbocycles. The SMILES string of the molecule is COC(=O)c1ccc(/C=C(\C#N)c2nnc3n2CCCCC3)cc1. The van der Waals surface area contributed by atoms with Gasteiger partial charge in [-0.15, -0.1) is 10.2 Å². The largest absolute Gasteiger partial charge is 0.465 e. The van der Waals surface area contributed by atoms with Gasteiger partial charge in [-0.1, -0.05) is 18.6 Å². The van der Waals surface area contributed by atoms with Crippen LogP contribution in [0.2, 0.25) is 0 Å². The number of aryl methyl sites for hydroxylation is 1. The Hall–Kier alpha value is -2.94. The Balaban J connectivity index is 1.92. The zero-order chi connectivity index (χ0) is 16.9. The lowest BCUT2D eigenvalue weighted by Crippen LogP contribution is -2.05. The maximum absolute atomic E-state index is 11.5. The number of aromatic nitrogens is 3. The normalized spacial score (nSPS) is 14.4. The fourth-order valence-electron chi connectivity index (χ4n) is 2.83. The molecule has 0 spiro atoms. The van der Waals surface area contributed by atoms with Crippen LogP contribution >= 0.6 is 0 Å². The summed E-state index contributed by atoms with van der Waals surface area (Å²) >= 11 is 0. The highest BCUT2D eigenvalue weighted by atomic mass is 16.5. The van der Waals surface area contributed by atoms with Crippen molar-refractivity contribution in [2.75, 3.05) is 7.11 Å². The van der Waals surface area contributed by atoms with E-state index in [1.807, 2.05) is 4.57 Å². The third-order valence-corrected chi connectivity index (χ3v) is 4.11. The molecule has 3 rings (SSSR count). The van der Waals surface area contributed by atoms with Crippen LogP contribution < -0.4 is 0 Å². The van der Waals surface area contributed by atoms with E-state index in [4.69, 9.17) is 0 Å². The number of esters is 1. The van der Waals surface area contributed by atoms with Crippen LogP contribution in [0.5, 0.6) is 0 Å². The summed E-state index contributed by atoms with van der Waals surface area (Å²) in [6.07, 6.45) is 6.02. The molecule has 0 saturated heterocycles. The first-order chi connectivity index (χ1) is 11.7. The van der Waals surface area contributed by atoms with Crippen molar-refractivity contribution in [2.45, 2.75) is 32.2 Å². The minimum absolute atomic E-state index is 0.381. The molecule has 2 heterocycles. The second kappa shape index (κ2) is 7.09. The summed E-state index contributed by atoms with van der Waals surface area (Å²) in [5.41, 5.74) is 1.77. The van der Waals surface area contributed by atoms with Crippen molar-refractivity contribution < 1.29 is 9.53 Å². The van der Waals surface area contributed by atoms with E-state index in [1.165, 1.54) is 13.5 Å². The lowest BCUT2D eigenvalue weighted by molar-refractivity contribution is 0.0600. The summed E-state index contributed by atoms with van der Waals surface area (Å²) in [6.45, 7) is 0.845. The van der Waals surface area contributed by atoms with Crippen LogP contribution in [0.15, 0.2) is 24.3 Å². The molecule has 0 saturated carbocycles. The van der Waals surface area contributed by atoms with E-state index in [0.29, 0.717) is 17.0 Å². The van der Waals surface area contributed by atoms with Gasteiger partial charge < -0.3 is 9.30 Å². The first kappa shape index (κ1) is 15.9. The Bertz CT molecular complexity index is 813. The van der Waals surface area contributed by atoms with E-state index in [1.54, 1.807) is 30.3 Å². The Labute approximate surface area is 140 Å². The highest BCUT2D eigenvalue weighted by molar-refractivity contribution is 5.91. The standard InChI is InChI=1S/C18H18N4O2/c1-24-18(23)14-8-6-13(7-9-14)11-15(12-19)17-21-20-16-5-3-2-4-10-22(16)17/h6-9,11H,2-5,10H2,1H3/b15-11+. The minimum atomic E-state index is -0.381. The fraction of sp³-hybridized carbons (Fsp3) is 0.333. The number of allylic oxidation sites excluding steroid dienone is 1. The molecule has 6 nitrogen and oxygen atoms in total. The molecule has 122 valence electrons. The van der Waals surface area contributed by atoms with Gasteiger partial charge in [0.25, 0.3) is 0 Å². The van der Waals surface area contributed by atoms with Gasteiger partial charge in [-0.05, 0) is 36.6 Å². The van der Waals surface area contributed by atoms with E-state index in [9.17, 15) is 10.1 Å². The predicted molar refractivity (Wildman–Crippen MR) is 88.8 cm³/mol. The van der Waals surface area contributed by atoms with Crippen molar-refractivity contribution in [1.29, 1.82) is 5.26 Å². The smallest absolute Gasteiger partial charge is 0.337 e. The zero-order valence-electron chi connectivity index (χ0n) is 13.5. The molecule has 0 unspecified atom stereocenters. The zero-order valence-corrected chi connectivity index (χ0v) is 13.5. The van der Waals surface area contributed by atoms with Crippen LogP contribution in [0.25, 0.3) is 11.6 Å². The molecule has 0 bridgehead atoms. The van der Waals surface area contributed by atoms with Gasteiger partial charge in [-0.2, -0.15) is 5.26 Å². The van der Waals surface area contributed by atoms with E-state index in [-0.39, 0.29) is 5.97 Å². The first-order valence-electron chi connectivity index (χ1n) is 7.95. The van der Waals surface area contributed by atoms with Gasteiger partial charge in [0.05, 0.1) is 18.2 Å². The van der Waals surface area contributed by atoms with Gasteiger partial charge in [0.1, 0.15) is 11.9 Å². The quantitative estimate of drug-likeness (QED) is 0.641. The summed E-state index contributed by atoms with van der Waals surface area (Å²) < 4.78 is 6.73. The Morgan fingerprint density at radius 3 is 2.75 bits per heavy atom. The van der Waals surface area contributed by atoms with Crippen molar-refractivity contribution in [3.05, 3.63) is 47.0 Å².